The summed E-state index contributed by atoms with van der Waals surface area (Å²) in [5.74, 6) is 0.651. The van der Waals surface area contributed by atoms with E-state index in [2.05, 4.69) is 0 Å². The average molecular weight is 165 g/mol. The standard InChI is InChI=1S/C7H13ClO2/c1-6-7(2-3-8)10-5-4-9-6/h6-7H,2-5H2,1H3. The number of hydrogen-bond donors (Lipinski definition) is 0. The molecule has 1 saturated heterocycles. The van der Waals surface area contributed by atoms with E-state index in [-0.39, 0.29) is 12.2 Å². The van der Waals surface area contributed by atoms with Crippen molar-refractivity contribution >= 4 is 11.6 Å². The minimum Gasteiger partial charge on any atom is -0.373 e. The van der Waals surface area contributed by atoms with E-state index in [1.807, 2.05) is 6.92 Å². The molecule has 0 bridgehead atoms. The molecule has 1 aliphatic heterocycles. The van der Waals surface area contributed by atoms with Crippen molar-refractivity contribution < 1.29 is 9.47 Å². The molecule has 60 valence electrons. The Labute approximate surface area is 66.5 Å². The first kappa shape index (κ1) is 8.31. The highest BCUT2D eigenvalue weighted by molar-refractivity contribution is 6.17. The second kappa shape index (κ2) is 4.16. The van der Waals surface area contributed by atoms with Crippen molar-refractivity contribution in [1.29, 1.82) is 0 Å². The molecular formula is C7H13ClO2. The molecular weight excluding hydrogens is 152 g/mol. The first-order valence-corrected chi connectivity index (χ1v) is 4.17. The zero-order chi connectivity index (χ0) is 7.40. The molecule has 2 nitrogen and oxygen atoms in total. The highest BCUT2D eigenvalue weighted by Crippen LogP contribution is 2.13. The molecule has 1 aliphatic rings. The highest BCUT2D eigenvalue weighted by Gasteiger charge is 2.21. The molecule has 1 heterocycles. The van der Waals surface area contributed by atoms with Gasteiger partial charge in [0, 0.05) is 5.88 Å². The van der Waals surface area contributed by atoms with E-state index in [9.17, 15) is 0 Å². The number of ether oxygens (including phenoxy) is 2. The normalized spacial score (nSPS) is 34.2. The third-order valence-electron chi connectivity index (χ3n) is 1.71. The van der Waals surface area contributed by atoms with Crippen LogP contribution >= 0.6 is 11.6 Å². The quantitative estimate of drug-likeness (QED) is 0.575. The van der Waals surface area contributed by atoms with E-state index in [1.165, 1.54) is 0 Å². The maximum atomic E-state index is 5.56. The third kappa shape index (κ3) is 2.11. The maximum Gasteiger partial charge on any atom is 0.0846 e. The lowest BCUT2D eigenvalue weighted by atomic mass is 10.1. The maximum absolute atomic E-state index is 5.56. The lowest BCUT2D eigenvalue weighted by Crippen LogP contribution is -2.36. The fraction of sp³-hybridized carbons (Fsp3) is 1.00. The van der Waals surface area contributed by atoms with Crippen LogP contribution in [0.3, 0.4) is 0 Å². The molecule has 2 unspecified atom stereocenters. The summed E-state index contributed by atoms with van der Waals surface area (Å²) in [6.07, 6.45) is 1.32. The van der Waals surface area contributed by atoms with Crippen LogP contribution in [0.1, 0.15) is 13.3 Å². The van der Waals surface area contributed by atoms with Crippen LogP contribution in [0.2, 0.25) is 0 Å². The molecule has 0 aromatic carbocycles. The molecule has 0 radical (unpaired) electrons. The van der Waals surface area contributed by atoms with Crippen molar-refractivity contribution in [2.75, 3.05) is 19.1 Å². The highest BCUT2D eigenvalue weighted by atomic mass is 35.5. The Bertz CT molecular complexity index is 95.6. The van der Waals surface area contributed by atoms with E-state index in [0.717, 1.165) is 13.0 Å². The zero-order valence-electron chi connectivity index (χ0n) is 6.18. The third-order valence-corrected chi connectivity index (χ3v) is 1.93. The molecule has 10 heavy (non-hydrogen) atoms. The van der Waals surface area contributed by atoms with Gasteiger partial charge in [-0.2, -0.15) is 0 Å². The van der Waals surface area contributed by atoms with Gasteiger partial charge in [-0.05, 0) is 13.3 Å². The topological polar surface area (TPSA) is 18.5 Å². The van der Waals surface area contributed by atoms with Crippen LogP contribution in [-0.2, 0) is 9.47 Å². The van der Waals surface area contributed by atoms with E-state index < -0.39 is 0 Å². The smallest absolute Gasteiger partial charge is 0.0846 e. The van der Waals surface area contributed by atoms with Gasteiger partial charge in [0.25, 0.3) is 0 Å². The van der Waals surface area contributed by atoms with Gasteiger partial charge in [-0.25, -0.2) is 0 Å². The van der Waals surface area contributed by atoms with Crippen LogP contribution in [-0.4, -0.2) is 31.3 Å². The van der Waals surface area contributed by atoms with Crippen LogP contribution in [0.5, 0.6) is 0 Å². The Balaban J connectivity index is 2.25. The van der Waals surface area contributed by atoms with Gasteiger partial charge in [-0.1, -0.05) is 0 Å². The van der Waals surface area contributed by atoms with E-state index in [4.69, 9.17) is 21.1 Å². The summed E-state index contributed by atoms with van der Waals surface area (Å²) < 4.78 is 10.8. The van der Waals surface area contributed by atoms with Gasteiger partial charge < -0.3 is 9.47 Å². The molecule has 0 aromatic rings. The second-order valence-electron chi connectivity index (χ2n) is 2.46. The van der Waals surface area contributed by atoms with E-state index >= 15 is 0 Å². The minimum absolute atomic E-state index is 0.214. The Morgan fingerprint density at radius 2 is 2.10 bits per heavy atom. The fourth-order valence-electron chi connectivity index (χ4n) is 1.10. The summed E-state index contributed by atoms with van der Waals surface area (Å²) in [6.45, 7) is 3.46. The van der Waals surface area contributed by atoms with Crippen molar-refractivity contribution in [2.24, 2.45) is 0 Å². The van der Waals surface area contributed by atoms with Crippen LogP contribution in [0.4, 0.5) is 0 Å². The van der Waals surface area contributed by atoms with Crippen LogP contribution in [0, 0.1) is 0 Å². The van der Waals surface area contributed by atoms with Gasteiger partial charge in [0.15, 0.2) is 0 Å². The summed E-state index contributed by atoms with van der Waals surface area (Å²) in [6, 6.07) is 0. The molecule has 1 rings (SSSR count). The molecule has 0 N–H and O–H groups in total. The van der Waals surface area contributed by atoms with Crippen molar-refractivity contribution in [3.63, 3.8) is 0 Å². The summed E-state index contributed by atoms with van der Waals surface area (Å²) in [7, 11) is 0. The first-order chi connectivity index (χ1) is 4.84. The second-order valence-corrected chi connectivity index (χ2v) is 2.84. The predicted octanol–water partition coefficient (Wildman–Crippen LogP) is 1.42. The first-order valence-electron chi connectivity index (χ1n) is 3.63. The summed E-state index contributed by atoms with van der Waals surface area (Å²) in [5.41, 5.74) is 0. The monoisotopic (exact) mass is 164 g/mol. The molecule has 0 aliphatic carbocycles. The SMILES string of the molecule is CC1OCCOC1CCCl. The lowest BCUT2D eigenvalue weighted by molar-refractivity contribution is -0.132. The largest absolute Gasteiger partial charge is 0.373 e. The van der Waals surface area contributed by atoms with Gasteiger partial charge in [-0.3, -0.25) is 0 Å². The zero-order valence-corrected chi connectivity index (χ0v) is 6.93. The Hall–Kier alpha value is 0.210. The number of alkyl halides is 1. The average Bonchev–Trinajstić information content (AvgIpc) is 1.94. The van der Waals surface area contributed by atoms with Gasteiger partial charge in [0.1, 0.15) is 0 Å². The summed E-state index contributed by atoms with van der Waals surface area (Å²) >= 11 is 5.56. The molecule has 2 atom stereocenters. The van der Waals surface area contributed by atoms with Crippen molar-refractivity contribution in [1.82, 2.24) is 0 Å². The predicted molar refractivity (Wildman–Crippen MR) is 40.5 cm³/mol. The van der Waals surface area contributed by atoms with Crippen molar-refractivity contribution in [2.45, 2.75) is 25.6 Å². The number of rotatable bonds is 2. The molecule has 1 fully saturated rings. The molecule has 0 amide bonds. The lowest BCUT2D eigenvalue weighted by Gasteiger charge is -2.28. The minimum atomic E-state index is 0.214. The van der Waals surface area contributed by atoms with Crippen LogP contribution < -0.4 is 0 Å². The van der Waals surface area contributed by atoms with Crippen LogP contribution in [0.25, 0.3) is 0 Å². The molecule has 3 heteroatoms. The van der Waals surface area contributed by atoms with Crippen molar-refractivity contribution in [3.8, 4) is 0 Å². The fourth-order valence-corrected chi connectivity index (χ4v) is 1.32. The Kier molecular flexibility index (Phi) is 3.46. The van der Waals surface area contributed by atoms with Gasteiger partial charge >= 0.3 is 0 Å². The van der Waals surface area contributed by atoms with Gasteiger partial charge in [0.2, 0.25) is 0 Å². The van der Waals surface area contributed by atoms with Crippen molar-refractivity contribution in [3.05, 3.63) is 0 Å². The number of halogens is 1. The van der Waals surface area contributed by atoms with Gasteiger partial charge in [0.05, 0.1) is 25.4 Å². The number of hydrogen-bond acceptors (Lipinski definition) is 2. The summed E-state index contributed by atoms with van der Waals surface area (Å²) in [5, 5.41) is 0. The van der Waals surface area contributed by atoms with Gasteiger partial charge in [-0.15, -0.1) is 11.6 Å². The Morgan fingerprint density at radius 3 is 2.70 bits per heavy atom. The molecule has 0 spiro atoms. The molecule has 0 aromatic heterocycles. The Morgan fingerprint density at radius 1 is 1.40 bits per heavy atom. The summed E-state index contributed by atoms with van der Waals surface area (Å²) in [4.78, 5) is 0. The van der Waals surface area contributed by atoms with Crippen LogP contribution in [0.15, 0.2) is 0 Å². The van der Waals surface area contributed by atoms with E-state index in [0.29, 0.717) is 12.5 Å². The van der Waals surface area contributed by atoms with E-state index in [1.54, 1.807) is 0 Å². The molecule has 0 saturated carbocycles.